The molecule has 7 N–H and O–H groups in total. The second kappa shape index (κ2) is 28.8. The molecule has 6 rings (SSSR count). The van der Waals surface area contributed by atoms with E-state index in [0.29, 0.717) is 46.3 Å². The maximum atomic E-state index is 13.4. The highest BCUT2D eigenvalue weighted by Crippen LogP contribution is 2.26. The Morgan fingerprint density at radius 3 is 1.41 bits per heavy atom. The van der Waals surface area contributed by atoms with E-state index in [0.717, 1.165) is 57.4 Å². The molecule has 2 aliphatic carbocycles. The number of ether oxygens (including phenoxy) is 2. The normalized spacial score (nSPS) is 17.4. The van der Waals surface area contributed by atoms with Crippen LogP contribution in [0.3, 0.4) is 0 Å². The summed E-state index contributed by atoms with van der Waals surface area (Å²) in [6.07, 6.45) is 2.38. The van der Waals surface area contributed by atoms with Crippen LogP contribution in [0.5, 0.6) is 11.5 Å². The summed E-state index contributed by atoms with van der Waals surface area (Å²) in [6, 6.07) is 21.4. The van der Waals surface area contributed by atoms with E-state index in [4.69, 9.17) is 76.6 Å². The minimum absolute atomic E-state index is 0. The number of nitrogens with two attached hydrogens (primary N) is 1. The largest absolute Gasteiger partial charge is 0.490 e. The number of halogens is 9. The molecule has 0 saturated heterocycles. The van der Waals surface area contributed by atoms with Gasteiger partial charge in [0.15, 0.2) is 13.2 Å². The Morgan fingerprint density at radius 2 is 1.04 bits per heavy atom. The lowest BCUT2D eigenvalue weighted by Gasteiger charge is -2.29. The van der Waals surface area contributed by atoms with Crippen LogP contribution in [0.25, 0.3) is 0 Å². The molecule has 3 amide bonds. The van der Waals surface area contributed by atoms with Crippen molar-refractivity contribution >= 4 is 76.1 Å². The molecule has 2 fully saturated rings. The van der Waals surface area contributed by atoms with Gasteiger partial charge in [0.25, 0.3) is 17.7 Å². The number of benzene rings is 4. The molecule has 0 radical (unpaired) electrons. The highest BCUT2D eigenvalue weighted by atomic mass is 35.5. The topological polar surface area (TPSA) is 206 Å². The Morgan fingerprint density at radius 1 is 0.632 bits per heavy atom. The van der Waals surface area contributed by atoms with Gasteiger partial charge in [0, 0.05) is 50.6 Å². The average molecular weight is 1040 g/mol. The summed E-state index contributed by atoms with van der Waals surface area (Å²) in [5, 5.41) is 25.4. The van der Waals surface area contributed by atoms with E-state index in [2.05, 4.69) is 16.0 Å². The van der Waals surface area contributed by atoms with Crippen LogP contribution >= 0.6 is 46.4 Å². The fourth-order valence-electron chi connectivity index (χ4n) is 6.61. The van der Waals surface area contributed by atoms with Gasteiger partial charge in [-0.3, -0.25) is 14.4 Å². The number of carbonyl (C=O) groups is 5. The van der Waals surface area contributed by atoms with E-state index in [-0.39, 0.29) is 68.7 Å². The second-order valence-electron chi connectivity index (χ2n) is 15.4. The van der Waals surface area contributed by atoms with E-state index in [1.165, 1.54) is 42.5 Å². The monoisotopic (exact) mass is 1040 g/mol. The zero-order valence-corrected chi connectivity index (χ0v) is 39.1. The third kappa shape index (κ3) is 21.7. The van der Waals surface area contributed by atoms with E-state index < -0.39 is 29.7 Å². The molecule has 0 unspecified atom stereocenters. The average Bonchev–Trinajstić information content (AvgIpc) is 3.30. The lowest BCUT2D eigenvalue weighted by Crippen LogP contribution is -2.41. The summed E-state index contributed by atoms with van der Waals surface area (Å²) in [5.41, 5.74) is 6.40. The van der Waals surface area contributed by atoms with Gasteiger partial charge < -0.3 is 41.4 Å². The molecule has 2 aliphatic rings. The summed E-state index contributed by atoms with van der Waals surface area (Å²) in [5.74, 6) is -3.94. The Hall–Kier alpha value is -5.40. The SMILES string of the molecule is NCC1CCC(NC(=O)COc2ccc(Cl)c(F)c2)CC1.O=C(COc1ccc(Cl)c(F)c1)NC1CCC(CNC(=O)c2cccc(Cl)c2)CC1.O=C(O)C(F)(F)F.O=C(O)c1cccc(Cl)c1.[HH].[HH].[HH]. The maximum absolute atomic E-state index is 13.4. The number of hydrogen-bond acceptors (Lipinski definition) is 8. The van der Waals surface area contributed by atoms with Gasteiger partial charge in [-0.1, -0.05) is 58.5 Å². The number of aliphatic carboxylic acids is 1. The standard InChI is InChI=1S/C22H23Cl2FN2O3.C15H20ClFN2O2.C7H5ClO2.C2HF3O2.3H2/c23-16-3-1-2-15(10-16)22(29)26-12-14-4-6-17(7-5-14)27-21(28)13-30-18-8-9-19(24)20(25)11-18;16-13-6-5-12(7-14(13)17)21-9-15(20)19-11-3-1-10(8-18)2-4-11;8-6-3-1-2-5(4-6)7(9)10;3-2(4,5)1(6)7;;;/h1-3,8-11,14,17H,4-7,12-13H2,(H,26,29)(H,27,28);5-7,10-11H,1-4,8-9,18H2,(H,19,20);1-4H,(H,9,10);(H,6,7);3*1H. The first-order valence-electron chi connectivity index (χ1n) is 20.9. The van der Waals surface area contributed by atoms with Crippen LogP contribution in [0, 0.1) is 23.5 Å². The van der Waals surface area contributed by atoms with E-state index in [1.54, 1.807) is 36.4 Å². The fraction of sp³-hybridized carbons (Fsp3) is 0.370. The predicted molar refractivity (Wildman–Crippen MR) is 253 cm³/mol. The molecule has 0 atom stereocenters. The van der Waals surface area contributed by atoms with Crippen molar-refractivity contribution in [3.63, 3.8) is 0 Å². The summed E-state index contributed by atoms with van der Waals surface area (Å²) in [7, 11) is 0. The highest BCUT2D eigenvalue weighted by Gasteiger charge is 2.38. The number of hydrogen-bond donors (Lipinski definition) is 6. The fourth-order valence-corrected chi connectivity index (χ4v) is 7.23. The second-order valence-corrected chi connectivity index (χ2v) is 17.1. The predicted octanol–water partition coefficient (Wildman–Crippen LogP) is 10.5. The number of nitrogens with one attached hydrogen (secondary N) is 3. The Bertz CT molecular complexity index is 2320. The quantitative estimate of drug-likeness (QED) is 0.0699. The van der Waals surface area contributed by atoms with Crippen LogP contribution in [0.1, 0.15) is 76.4 Å². The maximum Gasteiger partial charge on any atom is 0.490 e. The molecule has 4 aromatic carbocycles. The van der Waals surface area contributed by atoms with Crippen LogP contribution in [0.4, 0.5) is 22.0 Å². The highest BCUT2D eigenvalue weighted by molar-refractivity contribution is 6.31. The Kier molecular flexibility index (Phi) is 24.1. The molecule has 0 bridgehead atoms. The van der Waals surface area contributed by atoms with Crippen molar-refractivity contribution < 1.29 is 69.9 Å². The lowest BCUT2D eigenvalue weighted by molar-refractivity contribution is -0.192. The van der Waals surface area contributed by atoms with Gasteiger partial charge in [-0.05, 0) is 130 Å². The third-order valence-electron chi connectivity index (χ3n) is 10.2. The van der Waals surface area contributed by atoms with Crippen molar-refractivity contribution in [2.24, 2.45) is 17.6 Å². The molecule has 0 heterocycles. The minimum atomic E-state index is -5.08. The van der Waals surface area contributed by atoms with Crippen LogP contribution in [0.15, 0.2) is 84.9 Å². The molecular weight excluding hydrogens is 989 g/mol. The molecule has 376 valence electrons. The van der Waals surface area contributed by atoms with Gasteiger partial charge in [-0.2, -0.15) is 13.2 Å². The van der Waals surface area contributed by atoms with Crippen LogP contribution in [0.2, 0.25) is 20.1 Å². The van der Waals surface area contributed by atoms with Crippen molar-refractivity contribution in [2.45, 2.75) is 69.6 Å². The first-order valence-corrected chi connectivity index (χ1v) is 22.4. The third-order valence-corrected chi connectivity index (χ3v) is 11.3. The van der Waals surface area contributed by atoms with Crippen LogP contribution in [-0.4, -0.2) is 84.4 Å². The van der Waals surface area contributed by atoms with Crippen LogP contribution < -0.4 is 31.2 Å². The van der Waals surface area contributed by atoms with Gasteiger partial charge in [0.2, 0.25) is 0 Å². The van der Waals surface area contributed by atoms with Gasteiger partial charge in [0.1, 0.15) is 23.1 Å². The van der Waals surface area contributed by atoms with E-state index >= 15 is 0 Å². The first-order chi connectivity index (χ1) is 32.1. The minimum Gasteiger partial charge on any atom is -0.484 e. The van der Waals surface area contributed by atoms with Crippen LogP contribution in [-0.2, 0) is 14.4 Å². The lowest BCUT2D eigenvalue weighted by atomic mass is 9.86. The number of rotatable bonds is 13. The van der Waals surface area contributed by atoms with Gasteiger partial charge in [-0.25, -0.2) is 18.4 Å². The number of aromatic carboxylic acids is 1. The molecule has 68 heavy (non-hydrogen) atoms. The molecule has 0 aliphatic heterocycles. The van der Waals surface area contributed by atoms with Crippen molar-refractivity contribution in [3.05, 3.63) is 128 Å². The number of alkyl halides is 3. The molecule has 22 heteroatoms. The van der Waals surface area contributed by atoms with E-state index in [1.807, 2.05) is 0 Å². The van der Waals surface area contributed by atoms with Gasteiger partial charge in [0.05, 0.1) is 15.6 Å². The zero-order chi connectivity index (χ0) is 50.4. The van der Waals surface area contributed by atoms with Crippen molar-refractivity contribution in [3.8, 4) is 11.5 Å². The Balaban J connectivity index is 0.00000103. The zero-order valence-electron chi connectivity index (χ0n) is 36.1. The molecule has 0 spiro atoms. The van der Waals surface area contributed by atoms with Gasteiger partial charge >= 0.3 is 18.1 Å². The van der Waals surface area contributed by atoms with Crippen molar-refractivity contribution in [1.29, 1.82) is 0 Å². The Labute approximate surface area is 413 Å². The van der Waals surface area contributed by atoms with E-state index in [9.17, 15) is 41.1 Å². The summed E-state index contributed by atoms with van der Waals surface area (Å²) in [6.45, 7) is 0.998. The number of carbonyl (C=O) groups excluding carboxylic acids is 3. The molecule has 13 nitrogen and oxygen atoms in total. The molecule has 4 aromatic rings. The van der Waals surface area contributed by atoms with Crippen molar-refractivity contribution in [2.75, 3.05) is 26.3 Å². The molecular formula is C46H55Cl4F5N4O9. The smallest absolute Gasteiger partial charge is 0.484 e. The summed E-state index contributed by atoms with van der Waals surface area (Å²) >= 11 is 22.6. The summed E-state index contributed by atoms with van der Waals surface area (Å²) < 4.78 is 68.9. The number of carboxylic acid groups (broad SMARTS) is 2. The van der Waals surface area contributed by atoms with Crippen molar-refractivity contribution in [1.82, 2.24) is 16.0 Å². The number of carboxylic acids is 2. The first kappa shape index (κ1) is 56.9. The van der Waals surface area contributed by atoms with Gasteiger partial charge in [-0.15, -0.1) is 0 Å². The number of amides is 3. The summed E-state index contributed by atoms with van der Waals surface area (Å²) in [4.78, 5) is 55.3. The molecule has 2 saturated carbocycles. The molecule has 0 aromatic heterocycles.